The minimum atomic E-state index is -5.08. The van der Waals surface area contributed by atoms with E-state index in [4.69, 9.17) is 20.2 Å². The van der Waals surface area contributed by atoms with Crippen molar-refractivity contribution in [1.29, 1.82) is 0 Å². The van der Waals surface area contributed by atoms with Crippen LogP contribution in [-0.2, 0) is 17.6 Å². The number of carboxylic acid groups (broad SMARTS) is 1. The summed E-state index contributed by atoms with van der Waals surface area (Å²) in [6, 6.07) is 0. The van der Waals surface area contributed by atoms with Gasteiger partial charge in [-0.3, -0.25) is 0 Å². The fraction of sp³-hybridized carbons (Fsp3) is 0.500. The number of alkyl halides is 3. The van der Waals surface area contributed by atoms with Crippen molar-refractivity contribution in [1.82, 2.24) is 15.1 Å². The van der Waals surface area contributed by atoms with E-state index in [0.717, 1.165) is 24.4 Å². The van der Waals surface area contributed by atoms with Crippen LogP contribution in [0.25, 0.3) is 0 Å². The van der Waals surface area contributed by atoms with Gasteiger partial charge in [0.25, 0.3) is 0 Å². The fourth-order valence-corrected chi connectivity index (χ4v) is 2.15. The topological polar surface area (TPSA) is 115 Å². The summed E-state index contributed by atoms with van der Waals surface area (Å²) in [4.78, 5) is 17.4. The summed E-state index contributed by atoms with van der Waals surface area (Å²) in [5.41, 5.74) is 6.55. The SMILES string of the molecule is Nc1nc(CCc2nc(C3CC3)no2)cs1.O=C(O)C(F)(F)F. The molecule has 2 aromatic rings. The van der Waals surface area contributed by atoms with Crippen molar-refractivity contribution in [2.24, 2.45) is 0 Å². The summed E-state index contributed by atoms with van der Waals surface area (Å²) in [7, 11) is 0. The highest BCUT2D eigenvalue weighted by Gasteiger charge is 2.38. The van der Waals surface area contributed by atoms with Crippen molar-refractivity contribution in [3.05, 3.63) is 22.8 Å². The number of nitrogen functional groups attached to an aromatic ring is 1. The van der Waals surface area contributed by atoms with Crippen LogP contribution in [0.2, 0.25) is 0 Å². The monoisotopic (exact) mass is 350 g/mol. The minimum Gasteiger partial charge on any atom is -0.475 e. The molecule has 2 heterocycles. The molecule has 0 saturated heterocycles. The lowest BCUT2D eigenvalue weighted by atomic mass is 10.2. The molecular formula is C12H13F3N4O3S. The third-order valence-electron chi connectivity index (χ3n) is 2.83. The highest BCUT2D eigenvalue weighted by molar-refractivity contribution is 7.13. The molecule has 2 aromatic heterocycles. The first-order chi connectivity index (χ1) is 10.8. The van der Waals surface area contributed by atoms with Crippen LogP contribution in [0.1, 0.15) is 36.2 Å². The Kier molecular flexibility index (Phi) is 5.19. The van der Waals surface area contributed by atoms with Gasteiger partial charge in [-0.15, -0.1) is 11.3 Å². The normalized spacial score (nSPS) is 14.2. The van der Waals surface area contributed by atoms with Gasteiger partial charge < -0.3 is 15.4 Å². The smallest absolute Gasteiger partial charge is 0.475 e. The Bertz CT molecular complexity index is 667. The van der Waals surface area contributed by atoms with E-state index in [2.05, 4.69) is 15.1 Å². The van der Waals surface area contributed by atoms with E-state index in [-0.39, 0.29) is 0 Å². The molecule has 1 fully saturated rings. The van der Waals surface area contributed by atoms with Gasteiger partial charge in [0.1, 0.15) is 0 Å². The van der Waals surface area contributed by atoms with E-state index < -0.39 is 12.1 Å². The molecule has 1 aliphatic carbocycles. The largest absolute Gasteiger partial charge is 0.490 e. The van der Waals surface area contributed by atoms with Crippen LogP contribution >= 0.6 is 11.3 Å². The highest BCUT2D eigenvalue weighted by Crippen LogP contribution is 2.38. The zero-order valence-corrected chi connectivity index (χ0v) is 12.5. The van der Waals surface area contributed by atoms with Gasteiger partial charge >= 0.3 is 12.1 Å². The van der Waals surface area contributed by atoms with Crippen LogP contribution in [0.5, 0.6) is 0 Å². The van der Waals surface area contributed by atoms with E-state index in [9.17, 15) is 13.2 Å². The first-order valence-corrected chi connectivity index (χ1v) is 7.46. The number of anilines is 1. The molecule has 1 aliphatic rings. The van der Waals surface area contributed by atoms with Gasteiger partial charge in [-0.1, -0.05) is 5.16 Å². The number of aryl methyl sites for hydroxylation is 2. The van der Waals surface area contributed by atoms with Crippen molar-refractivity contribution < 1.29 is 27.6 Å². The highest BCUT2D eigenvalue weighted by atomic mass is 32.1. The summed E-state index contributed by atoms with van der Waals surface area (Å²) in [5.74, 6) is -0.638. The number of rotatable bonds is 4. The number of nitrogens with zero attached hydrogens (tertiary/aromatic N) is 3. The number of halogens is 3. The summed E-state index contributed by atoms with van der Waals surface area (Å²) >= 11 is 1.46. The molecule has 3 N–H and O–H groups in total. The lowest BCUT2D eigenvalue weighted by Crippen LogP contribution is -2.21. The molecule has 0 unspecified atom stereocenters. The number of hydrogen-bond donors (Lipinski definition) is 2. The van der Waals surface area contributed by atoms with Gasteiger partial charge in [0.2, 0.25) is 5.89 Å². The average Bonchev–Trinajstić information content (AvgIpc) is 3.05. The standard InChI is InChI=1S/C10H12N4OS.C2HF3O2/c11-10-12-7(5-16-10)3-4-8-13-9(14-15-8)6-1-2-6;3-2(4,5)1(6)7/h5-6H,1-4H2,(H2,11,12);(H,6,7). The van der Waals surface area contributed by atoms with Crippen molar-refractivity contribution in [2.75, 3.05) is 5.73 Å². The Morgan fingerprint density at radius 3 is 2.52 bits per heavy atom. The van der Waals surface area contributed by atoms with E-state index in [1.807, 2.05) is 5.38 Å². The summed E-state index contributed by atoms with van der Waals surface area (Å²) in [5, 5.41) is 13.7. The summed E-state index contributed by atoms with van der Waals surface area (Å²) in [6.07, 6.45) is -1.15. The first kappa shape index (κ1) is 17.2. The maximum atomic E-state index is 10.6. The van der Waals surface area contributed by atoms with Gasteiger partial charge in [-0.05, 0) is 19.3 Å². The number of nitrogens with two attached hydrogens (primary N) is 1. The van der Waals surface area contributed by atoms with Crippen molar-refractivity contribution in [3.63, 3.8) is 0 Å². The van der Waals surface area contributed by atoms with Gasteiger partial charge in [-0.2, -0.15) is 18.2 Å². The fourth-order valence-electron chi connectivity index (χ4n) is 1.55. The molecular weight excluding hydrogens is 337 g/mol. The molecule has 0 bridgehead atoms. The Labute approximate surface area is 132 Å². The van der Waals surface area contributed by atoms with Crippen LogP contribution < -0.4 is 5.73 Å². The molecule has 0 spiro atoms. The van der Waals surface area contributed by atoms with Crippen LogP contribution in [0.3, 0.4) is 0 Å². The number of thiazole rings is 1. The van der Waals surface area contributed by atoms with Gasteiger partial charge in [-0.25, -0.2) is 9.78 Å². The first-order valence-electron chi connectivity index (χ1n) is 6.58. The van der Waals surface area contributed by atoms with Gasteiger partial charge in [0.15, 0.2) is 11.0 Å². The van der Waals surface area contributed by atoms with Gasteiger partial charge in [0.05, 0.1) is 5.69 Å². The maximum absolute atomic E-state index is 10.6. The van der Waals surface area contributed by atoms with Gasteiger partial charge in [0, 0.05) is 17.7 Å². The third-order valence-corrected chi connectivity index (χ3v) is 3.56. The van der Waals surface area contributed by atoms with Crippen LogP contribution in [0, 0.1) is 0 Å². The molecule has 0 aromatic carbocycles. The summed E-state index contributed by atoms with van der Waals surface area (Å²) in [6.45, 7) is 0. The average molecular weight is 350 g/mol. The predicted molar refractivity (Wildman–Crippen MR) is 73.9 cm³/mol. The molecule has 7 nitrogen and oxygen atoms in total. The molecule has 0 aliphatic heterocycles. The molecule has 11 heteroatoms. The zero-order valence-electron chi connectivity index (χ0n) is 11.7. The summed E-state index contributed by atoms with van der Waals surface area (Å²) < 4.78 is 36.9. The number of carboxylic acids is 1. The van der Waals surface area contributed by atoms with E-state index in [1.165, 1.54) is 24.2 Å². The Morgan fingerprint density at radius 2 is 2.04 bits per heavy atom. The molecule has 0 atom stereocenters. The lowest BCUT2D eigenvalue weighted by molar-refractivity contribution is -0.192. The molecule has 0 amide bonds. The molecule has 3 rings (SSSR count). The Balaban J connectivity index is 0.000000236. The lowest BCUT2D eigenvalue weighted by Gasteiger charge is -1.93. The minimum absolute atomic E-state index is 0.549. The second kappa shape index (κ2) is 6.94. The molecule has 1 saturated carbocycles. The van der Waals surface area contributed by atoms with Crippen molar-refractivity contribution in [3.8, 4) is 0 Å². The second-order valence-corrected chi connectivity index (χ2v) is 5.69. The number of hydrogen-bond acceptors (Lipinski definition) is 7. The van der Waals surface area contributed by atoms with Crippen molar-refractivity contribution >= 4 is 22.4 Å². The molecule has 23 heavy (non-hydrogen) atoms. The number of aliphatic carboxylic acids is 1. The third kappa shape index (κ3) is 5.51. The van der Waals surface area contributed by atoms with Crippen LogP contribution in [0.15, 0.2) is 9.90 Å². The molecule has 126 valence electrons. The van der Waals surface area contributed by atoms with Crippen LogP contribution in [-0.4, -0.2) is 32.4 Å². The van der Waals surface area contributed by atoms with Crippen LogP contribution in [0.4, 0.5) is 18.3 Å². The Morgan fingerprint density at radius 1 is 1.39 bits per heavy atom. The second-order valence-electron chi connectivity index (χ2n) is 4.80. The zero-order chi connectivity index (χ0) is 17.0. The number of carbonyl (C=O) groups is 1. The number of aromatic nitrogens is 3. The quantitative estimate of drug-likeness (QED) is 0.870. The van der Waals surface area contributed by atoms with Crippen molar-refractivity contribution in [2.45, 2.75) is 37.8 Å². The maximum Gasteiger partial charge on any atom is 0.490 e. The predicted octanol–water partition coefficient (Wildman–Crippen LogP) is 2.40. The van der Waals surface area contributed by atoms with E-state index in [1.54, 1.807) is 0 Å². The Hall–Kier alpha value is -2.17. The van der Waals surface area contributed by atoms with E-state index in [0.29, 0.717) is 16.9 Å². The molecule has 0 radical (unpaired) electrons. The van der Waals surface area contributed by atoms with E-state index >= 15 is 0 Å².